The Morgan fingerprint density at radius 2 is 2.00 bits per heavy atom. The number of Topliss-reactive ketones (excluding diaryl/α,β-unsaturated/α-hetero) is 1. The fourth-order valence-electron chi connectivity index (χ4n) is 2.43. The average molecular weight is 247 g/mol. The quantitative estimate of drug-likeness (QED) is 0.820. The van der Waals surface area contributed by atoms with E-state index in [-0.39, 0.29) is 5.92 Å². The van der Waals surface area contributed by atoms with Crippen LogP contribution in [0.1, 0.15) is 18.4 Å². The van der Waals surface area contributed by atoms with E-state index in [4.69, 9.17) is 5.11 Å². The van der Waals surface area contributed by atoms with Crippen molar-refractivity contribution in [3.8, 4) is 0 Å². The van der Waals surface area contributed by atoms with Crippen molar-refractivity contribution in [3.05, 3.63) is 35.9 Å². The molecular formula is C14H17NO3. The molecule has 0 spiro atoms. The second kappa shape index (κ2) is 5.78. The topological polar surface area (TPSA) is 57.6 Å². The Labute approximate surface area is 106 Å². The smallest absolute Gasteiger partial charge is 0.372 e. The normalized spacial score (nSPS) is 20.6. The van der Waals surface area contributed by atoms with Gasteiger partial charge in [-0.05, 0) is 24.9 Å². The van der Waals surface area contributed by atoms with Crippen LogP contribution in [0.25, 0.3) is 0 Å². The molecule has 2 rings (SSSR count). The van der Waals surface area contributed by atoms with E-state index in [2.05, 4.69) is 4.90 Å². The van der Waals surface area contributed by atoms with Gasteiger partial charge in [-0.1, -0.05) is 30.3 Å². The molecule has 1 fully saturated rings. The number of hydrogen-bond donors (Lipinski definition) is 1. The molecule has 96 valence electrons. The summed E-state index contributed by atoms with van der Waals surface area (Å²) >= 11 is 0. The maximum absolute atomic E-state index is 11.5. The van der Waals surface area contributed by atoms with Crippen LogP contribution in [-0.4, -0.2) is 34.8 Å². The minimum atomic E-state index is -1.30. The first-order valence-electron chi connectivity index (χ1n) is 6.20. The molecule has 4 nitrogen and oxygen atoms in total. The van der Waals surface area contributed by atoms with Crippen LogP contribution in [0.5, 0.6) is 0 Å². The lowest BCUT2D eigenvalue weighted by atomic mass is 9.93. The van der Waals surface area contributed by atoms with Gasteiger partial charge < -0.3 is 5.11 Å². The lowest BCUT2D eigenvalue weighted by Crippen LogP contribution is -2.40. The van der Waals surface area contributed by atoms with E-state index in [1.807, 2.05) is 30.3 Å². The highest BCUT2D eigenvalue weighted by Gasteiger charge is 2.29. The van der Waals surface area contributed by atoms with Gasteiger partial charge in [0.15, 0.2) is 0 Å². The SMILES string of the molecule is O=C(O)C(=O)C1CCCN(Cc2ccccc2)C1. The van der Waals surface area contributed by atoms with Gasteiger partial charge in [0.25, 0.3) is 0 Å². The van der Waals surface area contributed by atoms with Gasteiger partial charge in [-0.15, -0.1) is 0 Å². The monoisotopic (exact) mass is 247 g/mol. The van der Waals surface area contributed by atoms with Gasteiger partial charge in [-0.25, -0.2) is 4.79 Å². The first-order valence-corrected chi connectivity index (χ1v) is 6.20. The molecule has 1 N–H and O–H groups in total. The third-order valence-electron chi connectivity index (χ3n) is 3.34. The van der Waals surface area contributed by atoms with E-state index in [9.17, 15) is 9.59 Å². The molecule has 1 aliphatic heterocycles. The minimum absolute atomic E-state index is 0.347. The Balaban J connectivity index is 1.95. The van der Waals surface area contributed by atoms with Crippen LogP contribution in [-0.2, 0) is 16.1 Å². The van der Waals surface area contributed by atoms with Crippen LogP contribution >= 0.6 is 0 Å². The highest BCUT2D eigenvalue weighted by Crippen LogP contribution is 2.19. The number of nitrogens with zero attached hydrogens (tertiary/aromatic N) is 1. The van der Waals surface area contributed by atoms with Gasteiger partial charge >= 0.3 is 5.97 Å². The fourth-order valence-corrected chi connectivity index (χ4v) is 2.43. The zero-order valence-electron chi connectivity index (χ0n) is 10.2. The molecule has 1 aliphatic rings. The van der Waals surface area contributed by atoms with Gasteiger partial charge in [0.05, 0.1) is 0 Å². The van der Waals surface area contributed by atoms with Gasteiger partial charge in [0.2, 0.25) is 5.78 Å². The standard InChI is InChI=1S/C14H17NO3/c16-13(14(17)18)12-7-4-8-15(10-12)9-11-5-2-1-3-6-11/h1-3,5-6,12H,4,7-10H2,(H,17,18). The molecule has 1 unspecified atom stereocenters. The predicted octanol–water partition coefficient (Wildman–Crippen LogP) is 1.55. The van der Waals surface area contributed by atoms with Crippen molar-refractivity contribution in [2.45, 2.75) is 19.4 Å². The molecule has 0 bridgehead atoms. The van der Waals surface area contributed by atoms with Crippen LogP contribution < -0.4 is 0 Å². The number of likely N-dealkylation sites (tertiary alicyclic amines) is 1. The summed E-state index contributed by atoms with van der Waals surface area (Å²) in [6.07, 6.45) is 1.58. The summed E-state index contributed by atoms with van der Waals surface area (Å²) in [5, 5.41) is 8.74. The summed E-state index contributed by atoms with van der Waals surface area (Å²) in [4.78, 5) is 24.3. The van der Waals surface area contributed by atoms with E-state index in [0.717, 1.165) is 19.5 Å². The maximum Gasteiger partial charge on any atom is 0.372 e. The van der Waals surface area contributed by atoms with E-state index < -0.39 is 11.8 Å². The number of ketones is 1. The van der Waals surface area contributed by atoms with Gasteiger partial charge in [-0.3, -0.25) is 9.69 Å². The molecule has 18 heavy (non-hydrogen) atoms. The minimum Gasteiger partial charge on any atom is -0.475 e. The van der Waals surface area contributed by atoms with Crippen molar-refractivity contribution in [3.63, 3.8) is 0 Å². The van der Waals surface area contributed by atoms with Crippen LogP contribution in [0.3, 0.4) is 0 Å². The van der Waals surface area contributed by atoms with Crippen LogP contribution in [0.4, 0.5) is 0 Å². The van der Waals surface area contributed by atoms with Crippen LogP contribution in [0.2, 0.25) is 0 Å². The molecule has 1 aromatic rings. The van der Waals surface area contributed by atoms with Gasteiger partial charge in [0, 0.05) is 19.0 Å². The average Bonchev–Trinajstić information content (AvgIpc) is 2.39. The highest BCUT2D eigenvalue weighted by atomic mass is 16.4. The van der Waals surface area contributed by atoms with Crippen LogP contribution in [0, 0.1) is 5.92 Å². The Kier molecular flexibility index (Phi) is 4.10. The molecule has 1 saturated heterocycles. The number of hydrogen-bond acceptors (Lipinski definition) is 3. The number of carbonyl (C=O) groups excluding carboxylic acids is 1. The molecule has 1 heterocycles. The first kappa shape index (κ1) is 12.8. The van der Waals surface area contributed by atoms with Gasteiger partial charge in [-0.2, -0.15) is 0 Å². The van der Waals surface area contributed by atoms with Crippen molar-refractivity contribution < 1.29 is 14.7 Å². The molecule has 0 amide bonds. The summed E-state index contributed by atoms with van der Waals surface area (Å²) in [6.45, 7) is 2.27. The Hall–Kier alpha value is -1.68. The summed E-state index contributed by atoms with van der Waals surface area (Å²) in [7, 11) is 0. The van der Waals surface area contributed by atoms with Crippen molar-refractivity contribution in [2.24, 2.45) is 5.92 Å². The maximum atomic E-state index is 11.5. The largest absolute Gasteiger partial charge is 0.475 e. The summed E-state index contributed by atoms with van der Waals surface area (Å²) in [5.74, 6) is -2.30. The number of benzene rings is 1. The summed E-state index contributed by atoms with van der Waals surface area (Å²) in [5.41, 5.74) is 1.20. The zero-order valence-corrected chi connectivity index (χ0v) is 10.2. The molecule has 1 aromatic carbocycles. The molecule has 1 atom stereocenters. The van der Waals surface area contributed by atoms with Gasteiger partial charge in [0.1, 0.15) is 0 Å². The van der Waals surface area contributed by atoms with E-state index >= 15 is 0 Å². The van der Waals surface area contributed by atoms with Crippen molar-refractivity contribution in [2.75, 3.05) is 13.1 Å². The zero-order chi connectivity index (χ0) is 13.0. The lowest BCUT2D eigenvalue weighted by Gasteiger charge is -2.31. The number of carboxylic acid groups (broad SMARTS) is 1. The molecule has 0 aromatic heterocycles. The fraction of sp³-hybridized carbons (Fsp3) is 0.429. The highest BCUT2D eigenvalue weighted by molar-refractivity contribution is 6.33. The molecule has 0 radical (unpaired) electrons. The second-order valence-corrected chi connectivity index (χ2v) is 4.73. The third-order valence-corrected chi connectivity index (χ3v) is 3.34. The Morgan fingerprint density at radius 3 is 2.67 bits per heavy atom. The Bertz CT molecular complexity index is 430. The number of rotatable bonds is 4. The van der Waals surface area contributed by atoms with E-state index in [0.29, 0.717) is 13.0 Å². The van der Waals surface area contributed by atoms with Crippen molar-refractivity contribution in [1.82, 2.24) is 4.90 Å². The summed E-state index contributed by atoms with van der Waals surface area (Å²) < 4.78 is 0. The van der Waals surface area contributed by atoms with Crippen molar-refractivity contribution in [1.29, 1.82) is 0 Å². The van der Waals surface area contributed by atoms with E-state index in [1.165, 1.54) is 5.56 Å². The third kappa shape index (κ3) is 3.17. The first-order chi connectivity index (χ1) is 8.66. The van der Waals surface area contributed by atoms with Crippen molar-refractivity contribution >= 4 is 11.8 Å². The number of carbonyl (C=O) groups is 2. The van der Waals surface area contributed by atoms with Crippen LogP contribution in [0.15, 0.2) is 30.3 Å². The second-order valence-electron chi connectivity index (χ2n) is 4.73. The molecule has 0 aliphatic carbocycles. The number of carboxylic acids is 1. The lowest BCUT2D eigenvalue weighted by molar-refractivity contribution is -0.151. The summed E-state index contributed by atoms with van der Waals surface area (Å²) in [6, 6.07) is 10.0. The predicted molar refractivity (Wildman–Crippen MR) is 67.1 cm³/mol. The number of piperidine rings is 1. The molecule has 0 saturated carbocycles. The molecule has 4 heteroatoms. The Morgan fingerprint density at radius 1 is 1.28 bits per heavy atom. The number of aliphatic carboxylic acids is 1. The van der Waals surface area contributed by atoms with E-state index in [1.54, 1.807) is 0 Å². The molecular weight excluding hydrogens is 230 g/mol.